The Kier molecular flexibility index (Phi) is 6.40. The van der Waals surface area contributed by atoms with Gasteiger partial charge in [-0.15, -0.1) is 0 Å². The number of benzene rings is 1. The highest BCUT2D eigenvalue weighted by molar-refractivity contribution is 5.96. The highest BCUT2D eigenvalue weighted by Crippen LogP contribution is 2.48. The average Bonchev–Trinajstić information content (AvgIpc) is 2.78. The first kappa shape index (κ1) is 25.5. The largest absolute Gasteiger partial charge is 0.507 e. The number of methoxy groups -OCH3 is 1. The molecule has 2 atom stereocenters. The summed E-state index contributed by atoms with van der Waals surface area (Å²) in [4.78, 5) is 6.64. The van der Waals surface area contributed by atoms with Crippen molar-refractivity contribution in [2.75, 3.05) is 19.0 Å². The zero-order valence-electron chi connectivity index (χ0n) is 21.3. The highest BCUT2D eigenvalue weighted by atomic mass is 19.3. The Morgan fingerprint density at radius 2 is 1.78 bits per heavy atom. The maximum absolute atomic E-state index is 13.8. The molecule has 200 valence electrons. The van der Waals surface area contributed by atoms with Gasteiger partial charge >= 0.3 is 12.2 Å². The van der Waals surface area contributed by atoms with Crippen molar-refractivity contribution >= 4 is 11.6 Å². The quantitative estimate of drug-likeness (QED) is 0.442. The summed E-state index contributed by atoms with van der Waals surface area (Å²) in [6.45, 7) is 6.33. The van der Waals surface area contributed by atoms with Gasteiger partial charge in [0, 0.05) is 18.0 Å². The van der Waals surface area contributed by atoms with E-state index < -0.39 is 23.7 Å². The fourth-order valence-electron chi connectivity index (χ4n) is 5.01. The van der Waals surface area contributed by atoms with E-state index in [1.54, 1.807) is 14.0 Å². The molecule has 1 aromatic carbocycles. The van der Waals surface area contributed by atoms with Gasteiger partial charge in [0.25, 0.3) is 0 Å². The molecule has 0 radical (unpaired) electrons. The molecule has 2 aliphatic heterocycles. The summed E-state index contributed by atoms with van der Waals surface area (Å²) in [6.07, 6.45) is 1.57. The van der Waals surface area contributed by atoms with E-state index in [1.807, 2.05) is 18.0 Å². The van der Waals surface area contributed by atoms with Crippen molar-refractivity contribution < 1.29 is 31.8 Å². The fourth-order valence-corrected chi connectivity index (χ4v) is 5.01. The Morgan fingerprint density at radius 1 is 1.11 bits per heavy atom. The van der Waals surface area contributed by atoms with Crippen molar-refractivity contribution in [2.45, 2.75) is 64.7 Å². The number of rotatable bonds is 5. The van der Waals surface area contributed by atoms with Crippen LogP contribution in [0.15, 0.2) is 52.4 Å². The predicted molar refractivity (Wildman–Crippen MR) is 132 cm³/mol. The lowest BCUT2D eigenvalue weighted by atomic mass is 9.72. The molecule has 10 heteroatoms. The van der Waals surface area contributed by atoms with Gasteiger partial charge in [-0.1, -0.05) is 31.1 Å². The van der Waals surface area contributed by atoms with Crippen molar-refractivity contribution in [1.29, 1.82) is 0 Å². The molecule has 0 saturated heterocycles. The molecule has 1 N–H and O–H groups in total. The first-order valence-corrected chi connectivity index (χ1v) is 12.5. The highest BCUT2D eigenvalue weighted by Gasteiger charge is 2.66. The minimum absolute atomic E-state index is 0.286. The lowest BCUT2D eigenvalue weighted by Gasteiger charge is -2.35. The second-order valence-corrected chi connectivity index (χ2v) is 10.2. The minimum Gasteiger partial charge on any atom is -0.497 e. The van der Waals surface area contributed by atoms with Crippen molar-refractivity contribution in [2.24, 2.45) is 16.8 Å². The molecule has 1 saturated carbocycles. The van der Waals surface area contributed by atoms with Gasteiger partial charge < -0.3 is 24.4 Å². The number of halogens is 4. The topological polar surface area (TPSA) is 55.3 Å². The number of nitrogens with zero attached hydrogens (tertiary/aromatic N) is 2. The number of guanidine groups is 1. The molecular formula is C27H31F4N3O3. The predicted octanol–water partition coefficient (Wildman–Crippen LogP) is 6.60. The van der Waals surface area contributed by atoms with Gasteiger partial charge in [-0.25, -0.2) is 4.99 Å². The molecule has 1 fully saturated rings. The second-order valence-electron chi connectivity index (χ2n) is 10.2. The molecule has 2 unspecified atom stereocenters. The van der Waals surface area contributed by atoms with Crippen LogP contribution in [0.3, 0.4) is 0 Å². The van der Waals surface area contributed by atoms with Crippen LogP contribution >= 0.6 is 0 Å². The number of hydrogen-bond acceptors (Lipinski definition) is 6. The third-order valence-electron chi connectivity index (χ3n) is 7.46. The normalized spacial score (nSPS) is 26.3. The SMILES string of the molecule is COC1=CN(CC2=CCC(C)C(C3CCC3)=C2)C(Nc2cc3c(cc2C)OC(F)(F)C(F)(F)O3)=NC1C. The fraction of sp³-hybridized carbons (Fsp3) is 0.519. The zero-order valence-corrected chi connectivity index (χ0v) is 21.3. The van der Waals surface area contributed by atoms with Crippen LogP contribution < -0.4 is 14.8 Å². The van der Waals surface area contributed by atoms with Gasteiger partial charge in [-0.05, 0) is 62.1 Å². The third kappa shape index (κ3) is 4.78. The lowest BCUT2D eigenvalue weighted by molar-refractivity contribution is -0.391. The number of anilines is 1. The number of aliphatic imine (C=N–C) groups is 1. The van der Waals surface area contributed by atoms with Crippen LogP contribution in [0.1, 0.15) is 45.1 Å². The maximum Gasteiger partial charge on any atom is 0.507 e. The van der Waals surface area contributed by atoms with Crippen LogP contribution in [0.25, 0.3) is 0 Å². The summed E-state index contributed by atoms with van der Waals surface area (Å²) >= 11 is 0. The first-order valence-electron chi connectivity index (χ1n) is 12.5. The number of ether oxygens (including phenoxy) is 3. The van der Waals surface area contributed by atoms with Crippen molar-refractivity contribution in [1.82, 2.24) is 4.90 Å². The Balaban J connectivity index is 1.41. The third-order valence-corrected chi connectivity index (χ3v) is 7.46. The molecule has 37 heavy (non-hydrogen) atoms. The number of fused-ring (bicyclic) bond motifs is 1. The van der Waals surface area contributed by atoms with Crippen LogP contribution in [0.2, 0.25) is 0 Å². The summed E-state index contributed by atoms with van der Waals surface area (Å²) in [7, 11) is 1.59. The van der Waals surface area contributed by atoms with Crippen molar-refractivity contribution in [3.63, 3.8) is 0 Å². The van der Waals surface area contributed by atoms with E-state index in [2.05, 4.69) is 33.9 Å². The number of allylic oxidation sites excluding steroid dienone is 2. The number of aryl methyl sites for hydroxylation is 1. The molecule has 0 amide bonds. The number of hydrogen-bond donors (Lipinski definition) is 1. The number of alkyl halides is 4. The van der Waals surface area contributed by atoms with E-state index in [9.17, 15) is 17.6 Å². The molecule has 2 aliphatic carbocycles. The first-order chi connectivity index (χ1) is 17.5. The summed E-state index contributed by atoms with van der Waals surface area (Å²) < 4.78 is 68.9. The molecule has 5 rings (SSSR count). The molecule has 2 heterocycles. The maximum atomic E-state index is 13.8. The van der Waals surface area contributed by atoms with E-state index in [0.717, 1.165) is 12.0 Å². The van der Waals surface area contributed by atoms with Crippen LogP contribution in [0.5, 0.6) is 11.5 Å². The van der Waals surface area contributed by atoms with E-state index in [-0.39, 0.29) is 6.04 Å². The molecule has 0 aromatic heterocycles. The monoisotopic (exact) mass is 521 g/mol. The summed E-state index contributed by atoms with van der Waals surface area (Å²) in [5.41, 5.74) is 3.54. The number of nitrogens with one attached hydrogen (secondary N) is 1. The van der Waals surface area contributed by atoms with Crippen LogP contribution in [-0.4, -0.2) is 42.8 Å². The van der Waals surface area contributed by atoms with Crippen molar-refractivity contribution in [3.05, 3.63) is 53.0 Å². The van der Waals surface area contributed by atoms with E-state index in [1.165, 1.54) is 37.0 Å². The molecular weight excluding hydrogens is 490 g/mol. The van der Waals surface area contributed by atoms with Crippen LogP contribution in [-0.2, 0) is 4.74 Å². The summed E-state index contributed by atoms with van der Waals surface area (Å²) in [5.74, 6) is 1.40. The van der Waals surface area contributed by atoms with Gasteiger partial charge in [-0.2, -0.15) is 17.6 Å². The van der Waals surface area contributed by atoms with Gasteiger partial charge in [-0.3, -0.25) is 0 Å². The van der Waals surface area contributed by atoms with E-state index in [0.29, 0.717) is 41.4 Å². The minimum atomic E-state index is -4.79. The molecule has 0 spiro atoms. The van der Waals surface area contributed by atoms with Gasteiger partial charge in [0.05, 0.1) is 13.7 Å². The second kappa shape index (κ2) is 9.29. The van der Waals surface area contributed by atoms with Gasteiger partial charge in [0.1, 0.15) is 11.8 Å². The Labute approximate surface area is 213 Å². The van der Waals surface area contributed by atoms with E-state index >= 15 is 0 Å². The molecule has 1 aromatic rings. The van der Waals surface area contributed by atoms with Crippen LogP contribution in [0, 0.1) is 18.8 Å². The average molecular weight is 522 g/mol. The zero-order chi connectivity index (χ0) is 26.5. The van der Waals surface area contributed by atoms with E-state index in [4.69, 9.17) is 9.73 Å². The molecule has 4 aliphatic rings. The summed E-state index contributed by atoms with van der Waals surface area (Å²) in [6, 6.07) is 2.18. The summed E-state index contributed by atoms with van der Waals surface area (Å²) in [5, 5.41) is 3.19. The van der Waals surface area contributed by atoms with Crippen LogP contribution in [0.4, 0.5) is 23.2 Å². The molecule has 0 bridgehead atoms. The van der Waals surface area contributed by atoms with Gasteiger partial charge in [0.15, 0.2) is 11.5 Å². The smallest absolute Gasteiger partial charge is 0.497 e. The molecule has 6 nitrogen and oxygen atoms in total. The van der Waals surface area contributed by atoms with Crippen molar-refractivity contribution in [3.8, 4) is 11.5 Å². The van der Waals surface area contributed by atoms with Gasteiger partial charge in [0.2, 0.25) is 5.96 Å². The standard InChI is InChI=1S/C27H31F4N3O3/c1-15-8-9-18(11-20(15)19-6-5-7-19)13-34-14-24(35-4)17(3)32-25(34)33-21-12-23-22(10-16(21)2)36-26(28,29)27(30,31)37-23/h9-12,14-15,17,19H,5-8,13H2,1-4H3,(H,32,33). The lowest BCUT2D eigenvalue weighted by Crippen LogP contribution is -2.52. The Morgan fingerprint density at radius 3 is 2.41 bits per heavy atom. The Bertz CT molecular complexity index is 1200. The Hall–Kier alpha value is -3.17.